The molecule has 0 N–H and O–H groups in total. The Morgan fingerprint density at radius 1 is 1.26 bits per heavy atom. The van der Waals surface area contributed by atoms with Gasteiger partial charge in [-0.25, -0.2) is 4.98 Å². The molecule has 0 aliphatic heterocycles. The molecule has 0 radical (unpaired) electrons. The fraction of sp³-hybridized carbons (Fsp3) is 0.350. The van der Waals surface area contributed by atoms with E-state index in [1.807, 2.05) is 31.2 Å². The van der Waals surface area contributed by atoms with Crippen molar-refractivity contribution in [2.45, 2.75) is 37.8 Å². The average Bonchev–Trinajstić information content (AvgIpc) is 3.05. The van der Waals surface area contributed by atoms with E-state index in [4.69, 9.17) is 9.72 Å². The minimum atomic E-state index is -0.338. The molecule has 27 heavy (non-hydrogen) atoms. The van der Waals surface area contributed by atoms with E-state index in [1.165, 1.54) is 29.3 Å². The Morgan fingerprint density at radius 2 is 2.00 bits per heavy atom. The largest absolute Gasteiger partial charge is 0.468 e. The van der Waals surface area contributed by atoms with Crippen LogP contribution in [0.1, 0.15) is 28.8 Å². The molecule has 0 unspecified atom stereocenters. The standard InChI is InChI=1S/C20H20N2O3S2/c1-12-7-9-13(10-8-12)22-19(24)17-14-5-3-4-6-15(14)27-18(17)21-20(22)26-11-16(23)25-2/h7-10H,3-6,11H2,1-2H3. The van der Waals surface area contributed by atoms with Crippen LogP contribution in [0.3, 0.4) is 0 Å². The molecule has 0 saturated carbocycles. The summed E-state index contributed by atoms with van der Waals surface area (Å²) in [4.78, 5) is 32.0. The molecule has 0 saturated heterocycles. The Kier molecular flexibility index (Phi) is 5.06. The first-order chi connectivity index (χ1) is 13.1. The highest BCUT2D eigenvalue weighted by Gasteiger charge is 2.23. The van der Waals surface area contributed by atoms with E-state index in [2.05, 4.69) is 0 Å². The van der Waals surface area contributed by atoms with Gasteiger partial charge < -0.3 is 4.74 Å². The van der Waals surface area contributed by atoms with Crippen LogP contribution in [0.2, 0.25) is 0 Å². The van der Waals surface area contributed by atoms with Gasteiger partial charge in [0.15, 0.2) is 5.16 Å². The summed E-state index contributed by atoms with van der Waals surface area (Å²) in [5.74, 6) is -0.221. The second kappa shape index (κ2) is 7.48. The Bertz CT molecular complexity index is 1070. The van der Waals surface area contributed by atoms with Crippen LogP contribution in [-0.2, 0) is 22.4 Å². The molecule has 0 spiro atoms. The van der Waals surface area contributed by atoms with Crippen molar-refractivity contribution in [3.63, 3.8) is 0 Å². The highest BCUT2D eigenvalue weighted by molar-refractivity contribution is 7.99. The first kappa shape index (κ1) is 18.3. The summed E-state index contributed by atoms with van der Waals surface area (Å²) in [7, 11) is 1.36. The lowest BCUT2D eigenvalue weighted by atomic mass is 9.97. The monoisotopic (exact) mass is 400 g/mol. The van der Waals surface area contributed by atoms with Gasteiger partial charge in [-0.3, -0.25) is 14.2 Å². The SMILES string of the molecule is COC(=O)CSc1nc2sc3c(c2c(=O)n1-c1ccc(C)cc1)CCCC3. The maximum atomic E-state index is 13.5. The lowest BCUT2D eigenvalue weighted by Gasteiger charge is -2.13. The van der Waals surface area contributed by atoms with Gasteiger partial charge in [0.25, 0.3) is 5.56 Å². The zero-order valence-electron chi connectivity index (χ0n) is 15.3. The van der Waals surface area contributed by atoms with E-state index in [-0.39, 0.29) is 17.3 Å². The van der Waals surface area contributed by atoms with E-state index in [0.717, 1.165) is 47.2 Å². The summed E-state index contributed by atoms with van der Waals surface area (Å²) >= 11 is 2.86. The molecular formula is C20H20N2O3S2. The van der Waals surface area contributed by atoms with Crippen LogP contribution in [0.15, 0.2) is 34.2 Å². The Labute approximate surface area is 165 Å². The second-order valence-electron chi connectivity index (χ2n) is 6.63. The number of methoxy groups -OCH3 is 1. The Morgan fingerprint density at radius 3 is 2.74 bits per heavy atom. The number of thiophene rings is 1. The molecule has 1 aliphatic rings. The number of ether oxygens (including phenoxy) is 1. The number of aryl methyl sites for hydroxylation is 3. The summed E-state index contributed by atoms with van der Waals surface area (Å²) in [5, 5.41) is 1.28. The van der Waals surface area contributed by atoms with Crippen molar-refractivity contribution >= 4 is 39.3 Å². The molecule has 1 aromatic carbocycles. The number of nitrogens with zero attached hydrogens (tertiary/aromatic N) is 2. The van der Waals surface area contributed by atoms with E-state index in [9.17, 15) is 9.59 Å². The molecule has 4 rings (SSSR count). The van der Waals surface area contributed by atoms with Crippen LogP contribution in [0.4, 0.5) is 0 Å². The minimum absolute atomic E-state index is 0.0457. The molecule has 0 fully saturated rings. The van der Waals surface area contributed by atoms with E-state index in [1.54, 1.807) is 15.9 Å². The number of carbonyl (C=O) groups excluding carboxylic acids is 1. The normalized spacial score (nSPS) is 13.6. The summed E-state index contributed by atoms with van der Waals surface area (Å²) in [5.41, 5.74) is 3.01. The van der Waals surface area contributed by atoms with Gasteiger partial charge in [0.1, 0.15) is 4.83 Å². The van der Waals surface area contributed by atoms with Gasteiger partial charge in [-0.2, -0.15) is 0 Å². The molecule has 1 aliphatic carbocycles. The maximum Gasteiger partial charge on any atom is 0.316 e. The van der Waals surface area contributed by atoms with Gasteiger partial charge in [-0.15, -0.1) is 11.3 Å². The van der Waals surface area contributed by atoms with Crippen LogP contribution in [-0.4, -0.2) is 28.4 Å². The molecule has 0 atom stereocenters. The van der Waals surface area contributed by atoms with Gasteiger partial charge in [0.05, 0.1) is 23.9 Å². The fourth-order valence-corrected chi connectivity index (χ4v) is 5.53. The third-order valence-electron chi connectivity index (χ3n) is 4.80. The smallest absolute Gasteiger partial charge is 0.316 e. The summed E-state index contributed by atoms with van der Waals surface area (Å²) in [6.07, 6.45) is 4.23. The minimum Gasteiger partial charge on any atom is -0.468 e. The number of hydrogen-bond donors (Lipinski definition) is 0. The molecule has 0 amide bonds. The van der Waals surface area contributed by atoms with Gasteiger partial charge >= 0.3 is 5.97 Å². The number of hydrogen-bond acceptors (Lipinski definition) is 6. The number of thioether (sulfide) groups is 1. The Balaban J connectivity index is 1.93. The van der Waals surface area contributed by atoms with E-state index >= 15 is 0 Å². The number of aromatic nitrogens is 2. The fourth-order valence-electron chi connectivity index (χ4n) is 3.39. The van der Waals surface area contributed by atoms with Crippen molar-refractivity contribution in [1.29, 1.82) is 0 Å². The van der Waals surface area contributed by atoms with Crippen LogP contribution in [0, 0.1) is 6.92 Å². The van der Waals surface area contributed by atoms with E-state index in [0.29, 0.717) is 5.16 Å². The first-order valence-electron chi connectivity index (χ1n) is 8.92. The molecule has 2 aromatic heterocycles. The van der Waals surface area contributed by atoms with Crippen molar-refractivity contribution in [2.75, 3.05) is 12.9 Å². The molecule has 0 bridgehead atoms. The predicted octanol–water partition coefficient (Wildman–Crippen LogP) is 3.90. The highest BCUT2D eigenvalue weighted by atomic mass is 32.2. The highest BCUT2D eigenvalue weighted by Crippen LogP contribution is 2.35. The third-order valence-corrected chi connectivity index (χ3v) is 6.89. The third kappa shape index (κ3) is 3.41. The van der Waals surface area contributed by atoms with Crippen molar-refractivity contribution in [3.05, 3.63) is 50.6 Å². The lowest BCUT2D eigenvalue weighted by molar-refractivity contribution is -0.137. The van der Waals surface area contributed by atoms with Crippen LogP contribution < -0.4 is 5.56 Å². The maximum absolute atomic E-state index is 13.5. The van der Waals surface area contributed by atoms with Gasteiger partial charge in [0.2, 0.25) is 0 Å². The van der Waals surface area contributed by atoms with Crippen LogP contribution in [0.25, 0.3) is 15.9 Å². The van der Waals surface area contributed by atoms with Crippen molar-refractivity contribution in [2.24, 2.45) is 0 Å². The molecule has 2 heterocycles. The topological polar surface area (TPSA) is 61.2 Å². The van der Waals surface area contributed by atoms with Gasteiger partial charge in [-0.05, 0) is 50.3 Å². The zero-order valence-corrected chi connectivity index (χ0v) is 16.9. The average molecular weight is 401 g/mol. The number of esters is 1. The molecular weight excluding hydrogens is 380 g/mol. The first-order valence-corrected chi connectivity index (χ1v) is 10.7. The van der Waals surface area contributed by atoms with Crippen LogP contribution in [0.5, 0.6) is 0 Å². The van der Waals surface area contributed by atoms with Gasteiger partial charge in [-0.1, -0.05) is 29.5 Å². The molecule has 3 aromatic rings. The summed E-state index contributed by atoms with van der Waals surface area (Å²) < 4.78 is 6.38. The Hall–Kier alpha value is -2.12. The summed E-state index contributed by atoms with van der Waals surface area (Å²) in [6.45, 7) is 2.01. The zero-order chi connectivity index (χ0) is 19.0. The summed E-state index contributed by atoms with van der Waals surface area (Å²) in [6, 6.07) is 7.80. The quantitative estimate of drug-likeness (QED) is 0.378. The van der Waals surface area contributed by atoms with Crippen molar-refractivity contribution < 1.29 is 9.53 Å². The number of rotatable bonds is 4. The van der Waals surface area contributed by atoms with Crippen molar-refractivity contribution in [1.82, 2.24) is 9.55 Å². The predicted molar refractivity (Wildman–Crippen MR) is 109 cm³/mol. The molecule has 140 valence electrons. The van der Waals surface area contributed by atoms with Crippen LogP contribution >= 0.6 is 23.1 Å². The molecule has 7 heteroatoms. The lowest BCUT2D eigenvalue weighted by Crippen LogP contribution is -2.22. The number of fused-ring (bicyclic) bond motifs is 3. The van der Waals surface area contributed by atoms with Crippen molar-refractivity contribution in [3.8, 4) is 5.69 Å². The van der Waals surface area contributed by atoms with Gasteiger partial charge in [0, 0.05) is 4.88 Å². The second-order valence-corrected chi connectivity index (χ2v) is 8.65. The number of carbonyl (C=O) groups is 1. The number of benzene rings is 1. The molecule has 5 nitrogen and oxygen atoms in total. The van der Waals surface area contributed by atoms with E-state index < -0.39 is 0 Å².